The molecule has 0 aromatic heterocycles. The molecule has 5 nitrogen and oxygen atoms in total. The van der Waals surface area contributed by atoms with Crippen LogP contribution in [0.3, 0.4) is 0 Å². The van der Waals surface area contributed by atoms with E-state index in [1.807, 2.05) is 37.3 Å². The van der Waals surface area contributed by atoms with E-state index in [0.717, 1.165) is 5.56 Å². The first kappa shape index (κ1) is 16.0. The number of carbonyl (C=O) groups is 2. The highest BCUT2D eigenvalue weighted by atomic mass is 16.4. The molecule has 2 amide bonds. The number of nitrogens with one attached hydrogen (secondary N) is 1. The maximum absolute atomic E-state index is 12.0. The second kappa shape index (κ2) is 8.96. The van der Waals surface area contributed by atoms with Gasteiger partial charge in [0.25, 0.3) is 0 Å². The molecule has 0 aliphatic rings. The Balaban J connectivity index is 2.30. The number of urea groups is 1. The maximum Gasteiger partial charge on any atom is 0.317 e. The number of carboxylic acids is 1. The second-order valence-electron chi connectivity index (χ2n) is 4.58. The molecule has 0 atom stereocenters. The van der Waals surface area contributed by atoms with Crippen LogP contribution in [-0.4, -0.2) is 35.1 Å². The molecule has 0 spiro atoms. The van der Waals surface area contributed by atoms with Crippen molar-refractivity contribution >= 4 is 12.0 Å². The van der Waals surface area contributed by atoms with Gasteiger partial charge < -0.3 is 15.3 Å². The molecule has 0 saturated heterocycles. The number of hydrogen-bond donors (Lipinski definition) is 2. The lowest BCUT2D eigenvalue weighted by Crippen LogP contribution is -2.39. The summed E-state index contributed by atoms with van der Waals surface area (Å²) in [6, 6.07) is 9.72. The molecule has 0 unspecified atom stereocenters. The van der Waals surface area contributed by atoms with Crippen LogP contribution in [0.15, 0.2) is 30.3 Å². The van der Waals surface area contributed by atoms with Gasteiger partial charge in [0.15, 0.2) is 0 Å². The molecule has 5 heteroatoms. The molecule has 0 fully saturated rings. The van der Waals surface area contributed by atoms with E-state index < -0.39 is 5.97 Å². The maximum atomic E-state index is 12.0. The average Bonchev–Trinajstić information content (AvgIpc) is 2.45. The Bertz CT molecular complexity index is 420. The first-order chi connectivity index (χ1) is 9.63. The lowest BCUT2D eigenvalue weighted by molar-refractivity contribution is -0.137. The van der Waals surface area contributed by atoms with Crippen LogP contribution in [0.5, 0.6) is 0 Å². The predicted molar refractivity (Wildman–Crippen MR) is 77.4 cm³/mol. The molecule has 0 heterocycles. The third-order valence-electron chi connectivity index (χ3n) is 2.98. The minimum absolute atomic E-state index is 0.105. The van der Waals surface area contributed by atoms with Gasteiger partial charge in [0.05, 0.1) is 0 Å². The summed E-state index contributed by atoms with van der Waals surface area (Å²) in [5.74, 6) is -0.796. The Kier molecular flexibility index (Phi) is 7.17. The summed E-state index contributed by atoms with van der Waals surface area (Å²) < 4.78 is 0. The highest BCUT2D eigenvalue weighted by Crippen LogP contribution is 2.04. The van der Waals surface area contributed by atoms with Gasteiger partial charge in [-0.05, 0) is 25.3 Å². The van der Waals surface area contributed by atoms with Gasteiger partial charge in [-0.25, -0.2) is 4.79 Å². The normalized spacial score (nSPS) is 10.1. The third-order valence-corrected chi connectivity index (χ3v) is 2.98. The minimum Gasteiger partial charge on any atom is -0.481 e. The monoisotopic (exact) mass is 278 g/mol. The zero-order chi connectivity index (χ0) is 14.8. The number of nitrogens with zero attached hydrogens (tertiary/aromatic N) is 1. The van der Waals surface area contributed by atoms with E-state index in [9.17, 15) is 9.59 Å². The van der Waals surface area contributed by atoms with E-state index in [2.05, 4.69) is 5.32 Å². The summed E-state index contributed by atoms with van der Waals surface area (Å²) in [5.41, 5.74) is 1.09. The Morgan fingerprint density at radius 2 is 1.90 bits per heavy atom. The highest BCUT2D eigenvalue weighted by molar-refractivity contribution is 5.74. The standard InChI is InChI=1S/C15H22N2O3/c1-2-17(12-13-8-4-3-5-9-13)15(20)16-11-7-6-10-14(18)19/h3-5,8-9H,2,6-7,10-12H2,1H3,(H,16,20)(H,18,19). The lowest BCUT2D eigenvalue weighted by atomic mass is 10.2. The Morgan fingerprint density at radius 1 is 1.20 bits per heavy atom. The van der Waals surface area contributed by atoms with E-state index in [4.69, 9.17) is 5.11 Å². The van der Waals surface area contributed by atoms with E-state index in [0.29, 0.717) is 32.5 Å². The van der Waals surface area contributed by atoms with Crippen LogP contribution in [0, 0.1) is 0 Å². The van der Waals surface area contributed by atoms with Crippen LogP contribution in [0.4, 0.5) is 4.79 Å². The van der Waals surface area contributed by atoms with E-state index in [-0.39, 0.29) is 12.5 Å². The molecule has 1 rings (SSSR count). The third kappa shape index (κ3) is 6.22. The molecule has 0 saturated carbocycles. The van der Waals surface area contributed by atoms with Crippen LogP contribution < -0.4 is 5.32 Å². The van der Waals surface area contributed by atoms with E-state index in [1.54, 1.807) is 4.90 Å². The van der Waals surface area contributed by atoms with Crippen molar-refractivity contribution in [2.45, 2.75) is 32.7 Å². The Morgan fingerprint density at radius 3 is 2.50 bits per heavy atom. The number of rotatable bonds is 8. The van der Waals surface area contributed by atoms with Gasteiger partial charge in [-0.3, -0.25) is 4.79 Å². The van der Waals surface area contributed by atoms with Crippen molar-refractivity contribution < 1.29 is 14.7 Å². The van der Waals surface area contributed by atoms with Gasteiger partial charge >= 0.3 is 12.0 Å². The molecule has 0 aliphatic carbocycles. The molecule has 1 aromatic rings. The topological polar surface area (TPSA) is 69.6 Å². The molecule has 20 heavy (non-hydrogen) atoms. The van der Waals surface area contributed by atoms with Crippen molar-refractivity contribution in [3.05, 3.63) is 35.9 Å². The van der Waals surface area contributed by atoms with Crippen molar-refractivity contribution in [3.8, 4) is 0 Å². The number of aliphatic carboxylic acids is 1. The van der Waals surface area contributed by atoms with Gasteiger partial charge in [0.2, 0.25) is 0 Å². The minimum atomic E-state index is -0.796. The SMILES string of the molecule is CCN(Cc1ccccc1)C(=O)NCCCCC(=O)O. The van der Waals surface area contributed by atoms with Gasteiger partial charge in [-0.1, -0.05) is 30.3 Å². The van der Waals surface area contributed by atoms with E-state index >= 15 is 0 Å². The average molecular weight is 278 g/mol. The summed E-state index contributed by atoms with van der Waals surface area (Å²) in [4.78, 5) is 24.1. The molecule has 110 valence electrons. The zero-order valence-corrected chi connectivity index (χ0v) is 11.8. The number of carbonyl (C=O) groups excluding carboxylic acids is 1. The molecule has 1 aromatic carbocycles. The first-order valence-electron chi connectivity index (χ1n) is 6.92. The molecular weight excluding hydrogens is 256 g/mol. The Hall–Kier alpha value is -2.04. The number of carboxylic acid groups (broad SMARTS) is 1. The van der Waals surface area contributed by atoms with Crippen LogP contribution in [-0.2, 0) is 11.3 Å². The largest absolute Gasteiger partial charge is 0.481 e. The quantitative estimate of drug-likeness (QED) is 0.718. The van der Waals surface area contributed by atoms with Gasteiger partial charge in [-0.15, -0.1) is 0 Å². The van der Waals surface area contributed by atoms with E-state index in [1.165, 1.54) is 0 Å². The van der Waals surface area contributed by atoms with Crippen molar-refractivity contribution in [2.24, 2.45) is 0 Å². The van der Waals surface area contributed by atoms with Crippen molar-refractivity contribution in [1.82, 2.24) is 10.2 Å². The summed E-state index contributed by atoms with van der Waals surface area (Å²) in [7, 11) is 0. The fourth-order valence-electron chi connectivity index (χ4n) is 1.84. The highest BCUT2D eigenvalue weighted by Gasteiger charge is 2.10. The zero-order valence-electron chi connectivity index (χ0n) is 11.8. The number of hydrogen-bond acceptors (Lipinski definition) is 2. The van der Waals surface area contributed by atoms with Crippen molar-refractivity contribution in [3.63, 3.8) is 0 Å². The van der Waals surface area contributed by atoms with Crippen molar-refractivity contribution in [1.29, 1.82) is 0 Å². The number of benzene rings is 1. The molecule has 0 radical (unpaired) electrons. The number of amides is 2. The smallest absolute Gasteiger partial charge is 0.317 e. The lowest BCUT2D eigenvalue weighted by Gasteiger charge is -2.21. The molecule has 0 aliphatic heterocycles. The van der Waals surface area contributed by atoms with Crippen LogP contribution in [0.2, 0.25) is 0 Å². The summed E-state index contributed by atoms with van der Waals surface area (Å²) >= 11 is 0. The summed E-state index contributed by atoms with van der Waals surface area (Å²) in [5, 5.41) is 11.3. The number of unbranched alkanes of at least 4 members (excludes halogenated alkanes) is 1. The Labute approximate surface area is 119 Å². The van der Waals surface area contributed by atoms with Gasteiger partial charge in [0, 0.05) is 26.1 Å². The van der Waals surface area contributed by atoms with Crippen LogP contribution in [0.25, 0.3) is 0 Å². The fourth-order valence-corrected chi connectivity index (χ4v) is 1.84. The molecule has 0 bridgehead atoms. The fraction of sp³-hybridized carbons (Fsp3) is 0.467. The second-order valence-corrected chi connectivity index (χ2v) is 4.58. The summed E-state index contributed by atoms with van der Waals surface area (Å²) in [6.07, 6.45) is 1.42. The first-order valence-corrected chi connectivity index (χ1v) is 6.92. The van der Waals surface area contributed by atoms with Crippen LogP contribution in [0.1, 0.15) is 31.7 Å². The molecular formula is C15H22N2O3. The van der Waals surface area contributed by atoms with Crippen LogP contribution >= 0.6 is 0 Å². The predicted octanol–water partition coefficient (Wildman–Crippen LogP) is 2.47. The van der Waals surface area contributed by atoms with Gasteiger partial charge in [-0.2, -0.15) is 0 Å². The summed E-state index contributed by atoms with van der Waals surface area (Å²) in [6.45, 7) is 3.67. The molecule has 2 N–H and O–H groups in total. The van der Waals surface area contributed by atoms with Crippen molar-refractivity contribution in [2.75, 3.05) is 13.1 Å². The van der Waals surface area contributed by atoms with Gasteiger partial charge in [0.1, 0.15) is 0 Å².